The molecule has 0 saturated heterocycles. The van der Waals surface area contributed by atoms with E-state index in [0.29, 0.717) is 17.7 Å². The van der Waals surface area contributed by atoms with Crippen LogP contribution in [-0.2, 0) is 16.6 Å². The Hall–Kier alpha value is -2.10. The van der Waals surface area contributed by atoms with Crippen LogP contribution < -0.4 is 0 Å². The molecule has 0 aliphatic rings. The van der Waals surface area contributed by atoms with E-state index in [0.717, 1.165) is 4.31 Å². The summed E-state index contributed by atoms with van der Waals surface area (Å²) in [6.07, 6.45) is 3.07. The van der Waals surface area contributed by atoms with E-state index in [2.05, 4.69) is 4.98 Å². The molecule has 2 aromatic rings. The Labute approximate surface area is 138 Å². The molecular weight excluding hydrogens is 342 g/mol. The predicted octanol–water partition coefficient (Wildman–Crippen LogP) is 1.64. The quantitative estimate of drug-likeness (QED) is 0.785. The number of phenols is 1. The number of aliphatic hydroxyl groups is 1. The van der Waals surface area contributed by atoms with Gasteiger partial charge in [-0.1, -0.05) is 6.07 Å². The number of pyridine rings is 1. The van der Waals surface area contributed by atoms with Crippen molar-refractivity contribution in [1.29, 1.82) is 0 Å². The highest BCUT2D eigenvalue weighted by molar-refractivity contribution is 7.89. The van der Waals surface area contributed by atoms with E-state index >= 15 is 0 Å². The lowest BCUT2D eigenvalue weighted by Crippen LogP contribution is -2.33. The molecule has 0 bridgehead atoms. The molecule has 1 aromatic carbocycles. The maximum atomic E-state index is 13.9. The van der Waals surface area contributed by atoms with Crippen LogP contribution in [0.25, 0.3) is 0 Å². The van der Waals surface area contributed by atoms with Gasteiger partial charge in [0.2, 0.25) is 10.0 Å². The van der Waals surface area contributed by atoms with Crippen molar-refractivity contribution < 1.29 is 27.4 Å². The summed E-state index contributed by atoms with van der Waals surface area (Å²) in [7, 11) is -4.43. The largest absolute Gasteiger partial charge is 0.508 e. The van der Waals surface area contributed by atoms with Gasteiger partial charge in [0.1, 0.15) is 10.6 Å². The SMILES string of the molecule is O=S(=O)(c1cc(O)cc(F)c1F)N(CCCO)Cc1cccnc1. The number of aliphatic hydroxyl groups excluding tert-OH is 1. The predicted molar refractivity (Wildman–Crippen MR) is 81.6 cm³/mol. The highest BCUT2D eigenvalue weighted by Gasteiger charge is 2.29. The van der Waals surface area contributed by atoms with E-state index < -0.39 is 32.3 Å². The lowest BCUT2D eigenvalue weighted by atomic mass is 10.3. The molecule has 1 heterocycles. The fourth-order valence-electron chi connectivity index (χ4n) is 2.10. The molecule has 6 nitrogen and oxygen atoms in total. The fraction of sp³-hybridized carbons (Fsp3) is 0.267. The third kappa shape index (κ3) is 4.05. The Kier molecular flexibility index (Phi) is 5.81. The molecule has 0 saturated carbocycles. The summed E-state index contributed by atoms with van der Waals surface area (Å²) < 4.78 is 53.6. The van der Waals surface area contributed by atoms with Crippen molar-refractivity contribution in [3.8, 4) is 5.75 Å². The fourth-order valence-corrected chi connectivity index (χ4v) is 3.66. The van der Waals surface area contributed by atoms with Crippen molar-refractivity contribution in [2.75, 3.05) is 13.2 Å². The maximum Gasteiger partial charge on any atom is 0.246 e. The minimum absolute atomic E-state index is 0.107. The highest BCUT2D eigenvalue weighted by atomic mass is 32.2. The van der Waals surface area contributed by atoms with E-state index in [9.17, 15) is 22.3 Å². The third-order valence-electron chi connectivity index (χ3n) is 3.24. The van der Waals surface area contributed by atoms with Crippen LogP contribution in [0.3, 0.4) is 0 Å². The molecular formula is C15H16F2N2O4S. The van der Waals surface area contributed by atoms with Crippen LogP contribution >= 0.6 is 0 Å². The first-order valence-corrected chi connectivity index (χ1v) is 8.48. The Bertz CT molecular complexity index is 801. The molecule has 2 N–H and O–H groups in total. The van der Waals surface area contributed by atoms with E-state index in [1.807, 2.05) is 0 Å². The summed E-state index contributed by atoms with van der Waals surface area (Å²) in [5.41, 5.74) is 0.542. The number of halogens is 2. The zero-order chi connectivity index (χ0) is 17.7. The van der Waals surface area contributed by atoms with Crippen LogP contribution in [0.5, 0.6) is 5.75 Å². The first-order chi connectivity index (χ1) is 11.4. The van der Waals surface area contributed by atoms with Crippen molar-refractivity contribution >= 4 is 10.0 Å². The van der Waals surface area contributed by atoms with Crippen LogP contribution in [0.2, 0.25) is 0 Å². The van der Waals surface area contributed by atoms with Crippen LogP contribution in [0.15, 0.2) is 41.6 Å². The summed E-state index contributed by atoms with van der Waals surface area (Å²) >= 11 is 0. The zero-order valence-corrected chi connectivity index (χ0v) is 13.4. The van der Waals surface area contributed by atoms with E-state index in [1.165, 1.54) is 12.4 Å². The summed E-state index contributed by atoms with van der Waals surface area (Å²) in [5, 5.41) is 18.3. The Balaban J connectivity index is 2.44. The van der Waals surface area contributed by atoms with Gasteiger partial charge in [-0.25, -0.2) is 17.2 Å². The second-order valence-electron chi connectivity index (χ2n) is 5.02. The third-order valence-corrected chi connectivity index (χ3v) is 5.09. The smallest absolute Gasteiger partial charge is 0.246 e. The van der Waals surface area contributed by atoms with Gasteiger partial charge in [-0.05, 0) is 18.1 Å². The summed E-state index contributed by atoms with van der Waals surface area (Å²) in [6, 6.07) is 4.39. The second kappa shape index (κ2) is 7.65. The number of hydrogen-bond acceptors (Lipinski definition) is 5. The van der Waals surface area contributed by atoms with Crippen molar-refractivity contribution in [2.45, 2.75) is 17.9 Å². The van der Waals surface area contributed by atoms with Crippen molar-refractivity contribution in [3.63, 3.8) is 0 Å². The van der Waals surface area contributed by atoms with Gasteiger partial charge in [-0.2, -0.15) is 4.31 Å². The monoisotopic (exact) mass is 358 g/mol. The number of aromatic nitrogens is 1. The Morgan fingerprint density at radius 1 is 1.25 bits per heavy atom. The first-order valence-electron chi connectivity index (χ1n) is 7.04. The highest BCUT2D eigenvalue weighted by Crippen LogP contribution is 2.27. The molecule has 0 aliphatic heterocycles. The average Bonchev–Trinajstić information content (AvgIpc) is 2.55. The van der Waals surface area contributed by atoms with Gasteiger partial charge in [-0.3, -0.25) is 4.98 Å². The van der Waals surface area contributed by atoms with Gasteiger partial charge < -0.3 is 10.2 Å². The van der Waals surface area contributed by atoms with E-state index in [1.54, 1.807) is 12.1 Å². The normalized spacial score (nSPS) is 11.8. The minimum Gasteiger partial charge on any atom is -0.508 e. The van der Waals surface area contributed by atoms with E-state index in [4.69, 9.17) is 5.11 Å². The van der Waals surface area contributed by atoms with Gasteiger partial charge in [0.05, 0.1) is 0 Å². The van der Waals surface area contributed by atoms with Gasteiger partial charge in [0.15, 0.2) is 11.6 Å². The molecule has 1 aromatic heterocycles. The van der Waals surface area contributed by atoms with Gasteiger partial charge in [0.25, 0.3) is 0 Å². The summed E-state index contributed by atoms with van der Waals surface area (Å²) in [4.78, 5) is 2.92. The van der Waals surface area contributed by atoms with Crippen LogP contribution in [0.1, 0.15) is 12.0 Å². The van der Waals surface area contributed by atoms with Crippen molar-refractivity contribution in [2.24, 2.45) is 0 Å². The van der Waals surface area contributed by atoms with Gasteiger partial charge in [0, 0.05) is 44.2 Å². The Morgan fingerprint density at radius 3 is 2.62 bits per heavy atom. The number of rotatable bonds is 7. The number of benzene rings is 1. The zero-order valence-electron chi connectivity index (χ0n) is 12.6. The number of hydrogen-bond donors (Lipinski definition) is 2. The number of aromatic hydroxyl groups is 1. The molecule has 0 atom stereocenters. The number of nitrogens with zero attached hydrogens (tertiary/aromatic N) is 2. The van der Waals surface area contributed by atoms with Crippen LogP contribution in [-0.4, -0.2) is 41.1 Å². The molecule has 0 unspecified atom stereocenters. The topological polar surface area (TPSA) is 90.7 Å². The summed E-state index contributed by atoms with van der Waals surface area (Å²) in [6.45, 7) is -0.507. The summed E-state index contributed by atoms with van der Waals surface area (Å²) in [5.74, 6) is -3.72. The molecule has 9 heteroatoms. The van der Waals surface area contributed by atoms with Crippen LogP contribution in [0.4, 0.5) is 8.78 Å². The second-order valence-corrected chi connectivity index (χ2v) is 6.92. The Morgan fingerprint density at radius 2 is 2.00 bits per heavy atom. The molecule has 24 heavy (non-hydrogen) atoms. The molecule has 0 fully saturated rings. The average molecular weight is 358 g/mol. The molecule has 0 aliphatic carbocycles. The van der Waals surface area contributed by atoms with E-state index in [-0.39, 0.29) is 26.1 Å². The van der Waals surface area contributed by atoms with Gasteiger partial charge >= 0.3 is 0 Å². The first kappa shape index (κ1) is 18.2. The molecule has 0 radical (unpaired) electrons. The van der Waals surface area contributed by atoms with Crippen molar-refractivity contribution in [1.82, 2.24) is 9.29 Å². The number of sulfonamides is 1. The van der Waals surface area contributed by atoms with Gasteiger partial charge in [-0.15, -0.1) is 0 Å². The van der Waals surface area contributed by atoms with Crippen LogP contribution in [0, 0.1) is 11.6 Å². The lowest BCUT2D eigenvalue weighted by molar-refractivity contribution is 0.267. The molecule has 0 spiro atoms. The van der Waals surface area contributed by atoms with Crippen molar-refractivity contribution in [3.05, 3.63) is 53.9 Å². The maximum absolute atomic E-state index is 13.9. The molecule has 0 amide bonds. The molecule has 2 rings (SSSR count). The minimum atomic E-state index is -4.43. The standard InChI is InChI=1S/C15H16F2N2O4S/c16-13-7-12(21)8-14(15(13)17)24(22,23)19(5-2-6-20)10-11-3-1-4-18-9-11/h1,3-4,7-9,20-21H,2,5-6,10H2. The number of phenolic OH excluding ortho intramolecular Hbond substituents is 1. The lowest BCUT2D eigenvalue weighted by Gasteiger charge is -2.22. The molecule has 130 valence electrons.